The molecule has 1 saturated heterocycles. The number of ether oxygens (including phenoxy) is 1. The summed E-state index contributed by atoms with van der Waals surface area (Å²) < 4.78 is 5.47. The first-order chi connectivity index (χ1) is 7.81. The highest BCUT2D eigenvalue weighted by Crippen LogP contribution is 2.61. The topological polar surface area (TPSA) is 21.3 Å². The zero-order valence-corrected chi connectivity index (χ0v) is 10.5. The first-order valence-corrected chi connectivity index (χ1v) is 7.04. The van der Waals surface area contributed by atoms with Crippen molar-refractivity contribution in [3.63, 3.8) is 0 Å². The van der Waals surface area contributed by atoms with Gasteiger partial charge in [-0.2, -0.15) is 0 Å². The SMILES string of the molecule is CNCC1(CC2CCOCC2)CC2CC2C1. The number of fused-ring (bicyclic) bond motifs is 1. The molecule has 0 aromatic carbocycles. The summed E-state index contributed by atoms with van der Waals surface area (Å²) in [5, 5.41) is 3.45. The molecule has 0 radical (unpaired) electrons. The van der Waals surface area contributed by atoms with E-state index in [-0.39, 0.29) is 0 Å². The zero-order valence-electron chi connectivity index (χ0n) is 10.5. The van der Waals surface area contributed by atoms with Crippen molar-refractivity contribution in [3.8, 4) is 0 Å². The predicted molar refractivity (Wildman–Crippen MR) is 65.4 cm³/mol. The smallest absolute Gasteiger partial charge is 0.0468 e. The fourth-order valence-electron chi connectivity index (χ4n) is 4.33. The van der Waals surface area contributed by atoms with E-state index < -0.39 is 0 Å². The Labute approximate surface area is 99.1 Å². The van der Waals surface area contributed by atoms with E-state index in [1.165, 1.54) is 38.6 Å². The summed E-state index contributed by atoms with van der Waals surface area (Å²) in [6, 6.07) is 0. The number of rotatable bonds is 4. The van der Waals surface area contributed by atoms with Crippen molar-refractivity contribution >= 4 is 0 Å². The minimum Gasteiger partial charge on any atom is -0.381 e. The summed E-state index contributed by atoms with van der Waals surface area (Å²) >= 11 is 0. The maximum atomic E-state index is 5.47. The molecule has 92 valence electrons. The zero-order chi connectivity index (χ0) is 11.0. The third-order valence-electron chi connectivity index (χ3n) is 5.07. The summed E-state index contributed by atoms with van der Waals surface area (Å²) in [6.07, 6.45) is 8.64. The molecule has 1 N–H and O–H groups in total. The Morgan fingerprint density at radius 1 is 1.19 bits per heavy atom. The normalized spacial score (nSPS) is 43.3. The maximum Gasteiger partial charge on any atom is 0.0468 e. The van der Waals surface area contributed by atoms with Crippen LogP contribution in [0.2, 0.25) is 0 Å². The maximum absolute atomic E-state index is 5.47. The molecule has 2 atom stereocenters. The van der Waals surface area contributed by atoms with Gasteiger partial charge in [0.15, 0.2) is 0 Å². The van der Waals surface area contributed by atoms with E-state index in [2.05, 4.69) is 12.4 Å². The van der Waals surface area contributed by atoms with Crippen molar-refractivity contribution in [2.75, 3.05) is 26.8 Å². The van der Waals surface area contributed by atoms with Crippen LogP contribution in [0.5, 0.6) is 0 Å². The van der Waals surface area contributed by atoms with E-state index >= 15 is 0 Å². The fraction of sp³-hybridized carbons (Fsp3) is 1.00. The van der Waals surface area contributed by atoms with Crippen molar-refractivity contribution in [1.29, 1.82) is 0 Å². The van der Waals surface area contributed by atoms with E-state index in [4.69, 9.17) is 4.74 Å². The fourth-order valence-corrected chi connectivity index (χ4v) is 4.33. The Morgan fingerprint density at radius 2 is 1.88 bits per heavy atom. The third-order valence-corrected chi connectivity index (χ3v) is 5.07. The van der Waals surface area contributed by atoms with Gasteiger partial charge in [-0.25, -0.2) is 0 Å². The summed E-state index contributed by atoms with van der Waals surface area (Å²) in [6.45, 7) is 3.26. The second-order valence-corrected chi connectivity index (χ2v) is 6.45. The highest BCUT2D eigenvalue weighted by molar-refractivity contribution is 5.04. The lowest BCUT2D eigenvalue weighted by molar-refractivity contribution is 0.0451. The van der Waals surface area contributed by atoms with Crippen LogP contribution in [-0.4, -0.2) is 26.8 Å². The summed E-state index contributed by atoms with van der Waals surface area (Å²) in [5.41, 5.74) is 0.657. The minimum absolute atomic E-state index is 0.657. The molecule has 2 unspecified atom stereocenters. The van der Waals surface area contributed by atoms with Crippen LogP contribution in [0.15, 0.2) is 0 Å². The van der Waals surface area contributed by atoms with Crippen LogP contribution in [0.3, 0.4) is 0 Å². The monoisotopic (exact) mass is 223 g/mol. The lowest BCUT2D eigenvalue weighted by Gasteiger charge is -2.36. The van der Waals surface area contributed by atoms with Gasteiger partial charge in [0.2, 0.25) is 0 Å². The largest absolute Gasteiger partial charge is 0.381 e. The van der Waals surface area contributed by atoms with Gasteiger partial charge in [0.1, 0.15) is 0 Å². The summed E-state index contributed by atoms with van der Waals surface area (Å²) in [4.78, 5) is 0. The van der Waals surface area contributed by atoms with E-state index in [1.54, 1.807) is 6.42 Å². The van der Waals surface area contributed by atoms with Crippen molar-refractivity contribution < 1.29 is 4.74 Å². The van der Waals surface area contributed by atoms with Crippen LogP contribution in [0.1, 0.15) is 38.5 Å². The molecule has 0 aromatic heterocycles. The first-order valence-electron chi connectivity index (χ1n) is 7.04. The first kappa shape index (κ1) is 11.0. The molecular weight excluding hydrogens is 198 g/mol. The number of hydrogen-bond donors (Lipinski definition) is 1. The van der Waals surface area contributed by atoms with E-state index in [9.17, 15) is 0 Å². The lowest BCUT2D eigenvalue weighted by Crippen LogP contribution is -2.34. The van der Waals surface area contributed by atoms with Crippen LogP contribution < -0.4 is 5.32 Å². The Hall–Kier alpha value is -0.0800. The van der Waals surface area contributed by atoms with Gasteiger partial charge in [0.05, 0.1) is 0 Å². The van der Waals surface area contributed by atoms with Crippen LogP contribution in [0.4, 0.5) is 0 Å². The Kier molecular flexibility index (Phi) is 2.97. The molecule has 3 rings (SSSR count). The molecule has 0 aromatic rings. The van der Waals surface area contributed by atoms with Gasteiger partial charge < -0.3 is 10.1 Å². The average molecular weight is 223 g/mol. The Morgan fingerprint density at radius 3 is 2.50 bits per heavy atom. The molecular formula is C14H25NO. The van der Waals surface area contributed by atoms with Crippen molar-refractivity contribution in [2.45, 2.75) is 38.5 Å². The Bertz CT molecular complexity index is 237. The second kappa shape index (κ2) is 4.30. The van der Waals surface area contributed by atoms with E-state index in [0.717, 1.165) is 31.0 Å². The minimum atomic E-state index is 0.657. The second-order valence-electron chi connectivity index (χ2n) is 6.45. The van der Waals surface area contributed by atoms with Crippen molar-refractivity contribution in [1.82, 2.24) is 5.32 Å². The number of nitrogens with one attached hydrogen (secondary N) is 1. The highest BCUT2D eigenvalue weighted by Gasteiger charge is 2.53. The highest BCUT2D eigenvalue weighted by atomic mass is 16.5. The van der Waals surface area contributed by atoms with Gasteiger partial charge in [0.25, 0.3) is 0 Å². The van der Waals surface area contributed by atoms with Gasteiger partial charge in [-0.05, 0) is 68.7 Å². The molecule has 2 saturated carbocycles. The summed E-state index contributed by atoms with van der Waals surface area (Å²) in [5.74, 6) is 3.15. The van der Waals surface area contributed by atoms with Crippen LogP contribution in [0, 0.1) is 23.2 Å². The van der Waals surface area contributed by atoms with E-state index in [1.807, 2.05) is 0 Å². The van der Waals surface area contributed by atoms with Crippen molar-refractivity contribution in [2.24, 2.45) is 23.2 Å². The van der Waals surface area contributed by atoms with Crippen LogP contribution >= 0.6 is 0 Å². The molecule has 2 heteroatoms. The quantitative estimate of drug-likeness (QED) is 0.790. The third kappa shape index (κ3) is 2.14. The van der Waals surface area contributed by atoms with E-state index in [0.29, 0.717) is 5.41 Å². The molecule has 1 heterocycles. The standard InChI is InChI=1S/C14H25NO/c1-15-10-14(8-12-6-13(12)9-14)7-11-2-4-16-5-3-11/h11-13,15H,2-10H2,1H3. The van der Waals surface area contributed by atoms with Crippen LogP contribution in [0.25, 0.3) is 0 Å². The molecule has 3 aliphatic rings. The predicted octanol–water partition coefficient (Wildman–Crippen LogP) is 2.44. The molecule has 0 amide bonds. The average Bonchev–Trinajstić information content (AvgIpc) is 2.89. The van der Waals surface area contributed by atoms with Gasteiger partial charge in [-0.15, -0.1) is 0 Å². The van der Waals surface area contributed by atoms with Crippen molar-refractivity contribution in [3.05, 3.63) is 0 Å². The van der Waals surface area contributed by atoms with Crippen LogP contribution in [-0.2, 0) is 4.74 Å². The molecule has 3 fully saturated rings. The Balaban J connectivity index is 1.59. The number of hydrogen-bond acceptors (Lipinski definition) is 2. The van der Waals surface area contributed by atoms with Gasteiger partial charge in [-0.1, -0.05) is 0 Å². The molecule has 1 aliphatic heterocycles. The molecule has 16 heavy (non-hydrogen) atoms. The summed E-state index contributed by atoms with van der Waals surface area (Å²) in [7, 11) is 2.12. The molecule has 2 nitrogen and oxygen atoms in total. The van der Waals surface area contributed by atoms with Gasteiger partial charge >= 0.3 is 0 Å². The molecule has 0 spiro atoms. The van der Waals surface area contributed by atoms with Gasteiger partial charge in [-0.3, -0.25) is 0 Å². The molecule has 2 aliphatic carbocycles. The van der Waals surface area contributed by atoms with Gasteiger partial charge in [0, 0.05) is 19.8 Å². The molecule has 0 bridgehead atoms. The lowest BCUT2D eigenvalue weighted by atomic mass is 9.73.